The molecule has 0 aliphatic heterocycles. The third-order valence-corrected chi connectivity index (χ3v) is 2.25. The first-order chi connectivity index (χ1) is 5.22. The van der Waals surface area contributed by atoms with Crippen molar-refractivity contribution in [1.82, 2.24) is 0 Å². The molecule has 1 rings (SSSR count). The predicted molar refractivity (Wildman–Crippen MR) is 43.6 cm³/mol. The fraction of sp³-hybridized carbons (Fsp3) is 0.286. The van der Waals surface area contributed by atoms with Gasteiger partial charge in [0.2, 0.25) is 0 Å². The summed E-state index contributed by atoms with van der Waals surface area (Å²) < 4.78 is 0. The molecule has 60 valence electrons. The summed E-state index contributed by atoms with van der Waals surface area (Å²) in [6.45, 7) is 0.482. The van der Waals surface area contributed by atoms with E-state index in [1.165, 1.54) is 11.3 Å². The summed E-state index contributed by atoms with van der Waals surface area (Å²) >= 11 is 1.44. The number of rotatable bonds is 3. The third kappa shape index (κ3) is 2.32. The second kappa shape index (κ2) is 3.50. The van der Waals surface area contributed by atoms with Crippen molar-refractivity contribution in [3.8, 4) is 0 Å². The largest absolute Gasteiger partial charge is 0.481 e. The Balaban J connectivity index is 2.65. The van der Waals surface area contributed by atoms with Gasteiger partial charge in [0.05, 0.1) is 6.42 Å². The molecule has 0 saturated heterocycles. The standard InChI is InChI=1S/C7H9NO2S/c8-3-5-1-6(11-4-5)2-7(9)10/h1,4H,2-3,8H2,(H,9,10). The van der Waals surface area contributed by atoms with Crippen LogP contribution in [-0.2, 0) is 17.8 Å². The lowest BCUT2D eigenvalue weighted by atomic mass is 10.3. The Kier molecular flexibility index (Phi) is 2.62. The molecule has 11 heavy (non-hydrogen) atoms. The molecule has 0 aromatic carbocycles. The Morgan fingerprint density at radius 3 is 2.91 bits per heavy atom. The lowest BCUT2D eigenvalue weighted by Gasteiger charge is -1.87. The number of carboxylic acids is 1. The number of nitrogens with two attached hydrogens (primary N) is 1. The molecule has 0 aliphatic carbocycles. The van der Waals surface area contributed by atoms with Crippen LogP contribution in [0.1, 0.15) is 10.4 Å². The van der Waals surface area contributed by atoms with Crippen LogP contribution in [0, 0.1) is 0 Å². The van der Waals surface area contributed by atoms with Crippen molar-refractivity contribution >= 4 is 17.3 Å². The van der Waals surface area contributed by atoms with Gasteiger partial charge >= 0.3 is 5.97 Å². The zero-order chi connectivity index (χ0) is 8.27. The van der Waals surface area contributed by atoms with E-state index in [4.69, 9.17) is 10.8 Å². The van der Waals surface area contributed by atoms with Crippen molar-refractivity contribution in [1.29, 1.82) is 0 Å². The molecule has 0 unspecified atom stereocenters. The molecular weight excluding hydrogens is 162 g/mol. The maximum Gasteiger partial charge on any atom is 0.308 e. The van der Waals surface area contributed by atoms with E-state index in [-0.39, 0.29) is 6.42 Å². The van der Waals surface area contributed by atoms with Gasteiger partial charge in [-0.2, -0.15) is 0 Å². The van der Waals surface area contributed by atoms with Gasteiger partial charge in [0, 0.05) is 11.4 Å². The number of hydrogen-bond donors (Lipinski definition) is 2. The van der Waals surface area contributed by atoms with Gasteiger partial charge in [-0.25, -0.2) is 0 Å². The van der Waals surface area contributed by atoms with Crippen LogP contribution in [0.5, 0.6) is 0 Å². The number of aliphatic carboxylic acids is 1. The summed E-state index contributed by atoms with van der Waals surface area (Å²) in [6.07, 6.45) is 0.102. The minimum absolute atomic E-state index is 0.102. The highest BCUT2D eigenvalue weighted by atomic mass is 32.1. The number of thiophene rings is 1. The molecule has 0 aliphatic rings. The molecule has 0 radical (unpaired) electrons. The quantitative estimate of drug-likeness (QED) is 0.708. The highest BCUT2D eigenvalue weighted by Crippen LogP contribution is 2.14. The van der Waals surface area contributed by atoms with Gasteiger partial charge in [-0.1, -0.05) is 0 Å². The molecule has 0 bridgehead atoms. The lowest BCUT2D eigenvalue weighted by molar-refractivity contribution is -0.136. The van der Waals surface area contributed by atoms with Crippen molar-refractivity contribution in [3.63, 3.8) is 0 Å². The van der Waals surface area contributed by atoms with E-state index in [1.807, 2.05) is 11.4 Å². The van der Waals surface area contributed by atoms with E-state index in [2.05, 4.69) is 0 Å². The molecule has 3 nitrogen and oxygen atoms in total. The van der Waals surface area contributed by atoms with Crippen LogP contribution >= 0.6 is 11.3 Å². The number of carboxylic acid groups (broad SMARTS) is 1. The fourth-order valence-corrected chi connectivity index (χ4v) is 1.67. The monoisotopic (exact) mass is 171 g/mol. The van der Waals surface area contributed by atoms with Gasteiger partial charge in [0.15, 0.2) is 0 Å². The summed E-state index contributed by atoms with van der Waals surface area (Å²) in [5.41, 5.74) is 6.36. The first-order valence-corrected chi connectivity index (χ1v) is 4.08. The maximum atomic E-state index is 10.2. The van der Waals surface area contributed by atoms with Gasteiger partial charge in [0.1, 0.15) is 0 Å². The summed E-state index contributed by atoms with van der Waals surface area (Å²) in [4.78, 5) is 11.1. The van der Waals surface area contributed by atoms with Crippen molar-refractivity contribution in [2.75, 3.05) is 0 Å². The number of hydrogen-bond acceptors (Lipinski definition) is 3. The molecule has 1 heterocycles. The highest BCUT2D eigenvalue weighted by Gasteiger charge is 2.02. The van der Waals surface area contributed by atoms with E-state index in [1.54, 1.807) is 0 Å². The summed E-state index contributed by atoms with van der Waals surface area (Å²) in [5.74, 6) is -0.796. The molecule has 0 amide bonds. The second-order valence-electron chi connectivity index (χ2n) is 2.20. The third-order valence-electron chi connectivity index (χ3n) is 1.27. The predicted octanol–water partition coefficient (Wildman–Crippen LogP) is 0.834. The molecule has 0 saturated carbocycles. The molecule has 3 N–H and O–H groups in total. The summed E-state index contributed by atoms with van der Waals surface area (Å²) in [6, 6.07) is 1.83. The van der Waals surface area contributed by atoms with E-state index in [9.17, 15) is 4.79 Å². The Bertz CT molecular complexity index is 257. The minimum Gasteiger partial charge on any atom is -0.481 e. The van der Waals surface area contributed by atoms with Crippen molar-refractivity contribution < 1.29 is 9.90 Å². The van der Waals surface area contributed by atoms with Gasteiger partial charge in [-0.15, -0.1) is 11.3 Å². The Morgan fingerprint density at radius 2 is 2.45 bits per heavy atom. The van der Waals surface area contributed by atoms with E-state index < -0.39 is 5.97 Å². The fourth-order valence-electron chi connectivity index (χ4n) is 0.775. The first kappa shape index (κ1) is 8.23. The minimum atomic E-state index is -0.796. The van der Waals surface area contributed by atoms with E-state index in [0.29, 0.717) is 6.54 Å². The van der Waals surface area contributed by atoms with Crippen LogP contribution in [0.25, 0.3) is 0 Å². The Hall–Kier alpha value is -0.870. The van der Waals surface area contributed by atoms with Crippen LogP contribution in [0.2, 0.25) is 0 Å². The average molecular weight is 171 g/mol. The zero-order valence-corrected chi connectivity index (χ0v) is 6.73. The lowest BCUT2D eigenvalue weighted by Crippen LogP contribution is -1.98. The topological polar surface area (TPSA) is 63.3 Å². The summed E-state index contributed by atoms with van der Waals surface area (Å²) in [5, 5.41) is 10.3. The van der Waals surface area contributed by atoms with Crippen LogP contribution in [-0.4, -0.2) is 11.1 Å². The normalized spacial score (nSPS) is 9.91. The second-order valence-corrected chi connectivity index (χ2v) is 3.19. The molecule has 0 spiro atoms. The van der Waals surface area contributed by atoms with Gasteiger partial charge in [-0.3, -0.25) is 4.79 Å². The van der Waals surface area contributed by atoms with E-state index >= 15 is 0 Å². The van der Waals surface area contributed by atoms with Crippen molar-refractivity contribution in [3.05, 3.63) is 21.9 Å². The van der Waals surface area contributed by atoms with Crippen LogP contribution in [0.4, 0.5) is 0 Å². The van der Waals surface area contributed by atoms with Crippen molar-refractivity contribution in [2.45, 2.75) is 13.0 Å². The molecule has 0 fully saturated rings. The SMILES string of the molecule is NCc1csc(CC(=O)O)c1. The first-order valence-electron chi connectivity index (χ1n) is 3.20. The maximum absolute atomic E-state index is 10.2. The van der Waals surface area contributed by atoms with Gasteiger partial charge in [0.25, 0.3) is 0 Å². The van der Waals surface area contributed by atoms with Crippen LogP contribution < -0.4 is 5.73 Å². The van der Waals surface area contributed by atoms with E-state index in [0.717, 1.165) is 10.4 Å². The van der Waals surface area contributed by atoms with Crippen LogP contribution in [0.3, 0.4) is 0 Å². The molecular formula is C7H9NO2S. The zero-order valence-electron chi connectivity index (χ0n) is 5.91. The molecule has 4 heteroatoms. The van der Waals surface area contributed by atoms with Crippen molar-refractivity contribution in [2.24, 2.45) is 5.73 Å². The Morgan fingerprint density at radius 1 is 1.73 bits per heavy atom. The highest BCUT2D eigenvalue weighted by molar-refractivity contribution is 7.10. The molecule has 1 aromatic heterocycles. The number of carbonyl (C=O) groups is 1. The molecule has 0 atom stereocenters. The average Bonchev–Trinajstić information content (AvgIpc) is 2.34. The van der Waals surface area contributed by atoms with Crippen LogP contribution in [0.15, 0.2) is 11.4 Å². The Labute approximate surface area is 68.5 Å². The van der Waals surface area contributed by atoms with Gasteiger partial charge < -0.3 is 10.8 Å². The van der Waals surface area contributed by atoms with Gasteiger partial charge in [-0.05, 0) is 17.0 Å². The molecule has 1 aromatic rings. The summed E-state index contributed by atoms with van der Waals surface area (Å²) in [7, 11) is 0. The smallest absolute Gasteiger partial charge is 0.308 e.